The minimum atomic E-state index is -0.153. The van der Waals surface area contributed by atoms with Crippen molar-refractivity contribution >= 4 is 51.2 Å². The molecule has 0 bridgehead atoms. The number of halogens is 1. The van der Waals surface area contributed by atoms with Crippen LogP contribution in [0.4, 0.5) is 5.69 Å². The van der Waals surface area contributed by atoms with E-state index in [1.165, 1.54) is 5.56 Å². The average molecular weight is 316 g/mol. The summed E-state index contributed by atoms with van der Waals surface area (Å²) in [5.74, 6) is 1.44. The predicted molar refractivity (Wildman–Crippen MR) is 83.6 cm³/mol. The molecule has 1 heterocycles. The Morgan fingerprint density at radius 1 is 1.58 bits per heavy atom. The minimum absolute atomic E-state index is 0.153. The number of carbonyl (C=O) groups excluding carboxylic acids is 1. The van der Waals surface area contributed by atoms with E-state index in [9.17, 15) is 4.79 Å². The number of benzene rings is 1. The fraction of sp³-hybridized carbons (Fsp3) is 0.385. The summed E-state index contributed by atoms with van der Waals surface area (Å²) in [4.78, 5) is 15.8. The highest BCUT2D eigenvalue weighted by Gasteiger charge is 2.14. The van der Waals surface area contributed by atoms with E-state index in [1.807, 2.05) is 25.1 Å². The van der Waals surface area contributed by atoms with E-state index in [4.69, 9.17) is 16.3 Å². The molecule has 0 amide bonds. The Kier molecular flexibility index (Phi) is 5.60. The second-order valence-electron chi connectivity index (χ2n) is 3.84. The van der Waals surface area contributed by atoms with E-state index in [0.29, 0.717) is 23.8 Å². The first-order chi connectivity index (χ1) is 9.19. The molecule has 2 rings (SSSR count). The quantitative estimate of drug-likeness (QED) is 0.778. The predicted octanol–water partition coefficient (Wildman–Crippen LogP) is 4.26. The van der Waals surface area contributed by atoms with Crippen LogP contribution in [0.25, 0.3) is 0 Å². The summed E-state index contributed by atoms with van der Waals surface area (Å²) < 4.78 is 5.87. The SMILES string of the molecule is CCOC(=O)CCSC1=Nc2cc(Cl)ccc2CS1. The van der Waals surface area contributed by atoms with Crippen molar-refractivity contribution in [3.63, 3.8) is 0 Å². The average Bonchev–Trinajstić information content (AvgIpc) is 2.38. The molecule has 0 radical (unpaired) electrons. The molecule has 0 atom stereocenters. The Morgan fingerprint density at radius 2 is 2.42 bits per heavy atom. The van der Waals surface area contributed by atoms with Crippen LogP contribution in [0.15, 0.2) is 23.2 Å². The Balaban J connectivity index is 1.90. The molecular formula is C13H14ClNO2S2. The van der Waals surface area contributed by atoms with Gasteiger partial charge in [-0.25, -0.2) is 4.99 Å². The van der Waals surface area contributed by atoms with Gasteiger partial charge >= 0.3 is 5.97 Å². The summed E-state index contributed by atoms with van der Waals surface area (Å²) in [5, 5.41) is 0.699. The van der Waals surface area contributed by atoms with Gasteiger partial charge in [-0.05, 0) is 24.6 Å². The fourth-order valence-corrected chi connectivity index (χ4v) is 3.78. The third-order valence-corrected chi connectivity index (χ3v) is 4.93. The summed E-state index contributed by atoms with van der Waals surface area (Å²) in [6.45, 7) is 2.25. The zero-order valence-corrected chi connectivity index (χ0v) is 12.9. The van der Waals surface area contributed by atoms with E-state index < -0.39 is 0 Å². The molecule has 1 aliphatic rings. The molecule has 0 N–H and O–H groups in total. The highest BCUT2D eigenvalue weighted by atomic mass is 35.5. The number of hydrogen-bond donors (Lipinski definition) is 0. The minimum Gasteiger partial charge on any atom is -0.466 e. The third-order valence-electron chi connectivity index (χ3n) is 2.45. The van der Waals surface area contributed by atoms with Crippen LogP contribution in [-0.4, -0.2) is 22.7 Å². The first-order valence-corrected chi connectivity index (χ1v) is 8.32. The molecule has 0 aromatic heterocycles. The van der Waals surface area contributed by atoms with E-state index in [1.54, 1.807) is 23.5 Å². The summed E-state index contributed by atoms with van der Waals surface area (Å²) in [6, 6.07) is 5.77. The van der Waals surface area contributed by atoms with E-state index in [0.717, 1.165) is 15.8 Å². The first kappa shape index (κ1) is 14.8. The van der Waals surface area contributed by atoms with Gasteiger partial charge in [0.15, 0.2) is 0 Å². The summed E-state index contributed by atoms with van der Waals surface area (Å²) in [5.41, 5.74) is 2.13. The van der Waals surface area contributed by atoms with Gasteiger partial charge in [-0.3, -0.25) is 4.79 Å². The van der Waals surface area contributed by atoms with Crippen LogP contribution in [0, 0.1) is 0 Å². The highest BCUT2D eigenvalue weighted by Crippen LogP contribution is 2.36. The second-order valence-corrected chi connectivity index (χ2v) is 6.59. The fourth-order valence-electron chi connectivity index (χ4n) is 1.56. The van der Waals surface area contributed by atoms with Crippen molar-refractivity contribution in [2.45, 2.75) is 19.1 Å². The molecule has 0 spiro atoms. The topological polar surface area (TPSA) is 38.7 Å². The molecule has 0 unspecified atom stereocenters. The molecule has 19 heavy (non-hydrogen) atoms. The lowest BCUT2D eigenvalue weighted by Gasteiger charge is -2.14. The third kappa shape index (κ3) is 4.44. The molecule has 0 fully saturated rings. The van der Waals surface area contributed by atoms with Gasteiger partial charge in [-0.1, -0.05) is 41.2 Å². The van der Waals surface area contributed by atoms with Crippen LogP contribution >= 0.6 is 35.1 Å². The van der Waals surface area contributed by atoms with Gasteiger partial charge in [0.05, 0.1) is 18.7 Å². The molecule has 1 aromatic rings. The Labute approximate surface area is 126 Å². The standard InChI is InChI=1S/C13H14ClNO2S2/c1-2-17-12(16)5-6-18-13-15-11-7-10(14)4-3-9(11)8-19-13/h3-4,7H,2,5-6,8H2,1H3. The van der Waals surface area contributed by atoms with E-state index >= 15 is 0 Å². The number of ether oxygens (including phenoxy) is 1. The Morgan fingerprint density at radius 3 is 3.21 bits per heavy atom. The van der Waals surface area contributed by atoms with Gasteiger partial charge in [-0.2, -0.15) is 0 Å². The molecular weight excluding hydrogens is 302 g/mol. The molecule has 102 valence electrons. The first-order valence-electron chi connectivity index (χ1n) is 5.97. The highest BCUT2D eigenvalue weighted by molar-refractivity contribution is 8.38. The van der Waals surface area contributed by atoms with Crippen LogP contribution in [0.1, 0.15) is 18.9 Å². The number of rotatable bonds is 4. The second kappa shape index (κ2) is 7.22. The summed E-state index contributed by atoms with van der Waals surface area (Å²) >= 11 is 9.25. The van der Waals surface area contributed by atoms with Crippen LogP contribution in [0.3, 0.4) is 0 Å². The number of fused-ring (bicyclic) bond motifs is 1. The molecule has 1 aliphatic heterocycles. The lowest BCUT2D eigenvalue weighted by Crippen LogP contribution is -2.06. The number of nitrogens with zero attached hydrogens (tertiary/aromatic N) is 1. The van der Waals surface area contributed by atoms with Gasteiger partial charge in [-0.15, -0.1) is 0 Å². The zero-order valence-electron chi connectivity index (χ0n) is 10.5. The van der Waals surface area contributed by atoms with Gasteiger partial charge in [0.25, 0.3) is 0 Å². The molecule has 0 saturated heterocycles. The van der Waals surface area contributed by atoms with Crippen molar-refractivity contribution < 1.29 is 9.53 Å². The normalized spacial score (nSPS) is 13.7. The molecule has 0 saturated carbocycles. The van der Waals surface area contributed by atoms with Crippen molar-refractivity contribution in [2.24, 2.45) is 4.99 Å². The van der Waals surface area contributed by atoms with Crippen molar-refractivity contribution in [1.29, 1.82) is 0 Å². The van der Waals surface area contributed by atoms with E-state index in [2.05, 4.69) is 4.99 Å². The Hall–Kier alpha value is -0.650. The molecule has 3 nitrogen and oxygen atoms in total. The maximum absolute atomic E-state index is 11.2. The number of aliphatic imine (C=N–C) groups is 1. The Bertz CT molecular complexity index is 505. The number of carbonyl (C=O) groups is 1. The lowest BCUT2D eigenvalue weighted by molar-refractivity contribution is -0.142. The maximum atomic E-state index is 11.2. The summed E-state index contributed by atoms with van der Waals surface area (Å²) in [6.07, 6.45) is 0.417. The molecule has 0 aliphatic carbocycles. The van der Waals surface area contributed by atoms with Gasteiger partial charge < -0.3 is 4.74 Å². The number of thioether (sulfide) groups is 2. The van der Waals surface area contributed by atoms with Gasteiger partial charge in [0.2, 0.25) is 0 Å². The van der Waals surface area contributed by atoms with Crippen molar-refractivity contribution in [2.75, 3.05) is 12.4 Å². The number of hydrogen-bond acceptors (Lipinski definition) is 5. The van der Waals surface area contributed by atoms with Crippen LogP contribution < -0.4 is 0 Å². The molecule has 1 aromatic carbocycles. The zero-order chi connectivity index (χ0) is 13.7. The lowest BCUT2D eigenvalue weighted by atomic mass is 10.2. The van der Waals surface area contributed by atoms with Crippen LogP contribution in [0.5, 0.6) is 0 Å². The van der Waals surface area contributed by atoms with Crippen LogP contribution in [0.2, 0.25) is 5.02 Å². The largest absolute Gasteiger partial charge is 0.466 e. The molecule has 6 heteroatoms. The smallest absolute Gasteiger partial charge is 0.306 e. The van der Waals surface area contributed by atoms with Crippen molar-refractivity contribution in [3.05, 3.63) is 28.8 Å². The van der Waals surface area contributed by atoms with Crippen molar-refractivity contribution in [3.8, 4) is 0 Å². The van der Waals surface area contributed by atoms with Crippen molar-refractivity contribution in [1.82, 2.24) is 0 Å². The van der Waals surface area contributed by atoms with Gasteiger partial charge in [0, 0.05) is 16.5 Å². The van der Waals surface area contributed by atoms with E-state index in [-0.39, 0.29) is 5.97 Å². The summed E-state index contributed by atoms with van der Waals surface area (Å²) in [7, 11) is 0. The van der Waals surface area contributed by atoms with Crippen LogP contribution in [-0.2, 0) is 15.3 Å². The monoisotopic (exact) mass is 315 g/mol. The van der Waals surface area contributed by atoms with Gasteiger partial charge in [0.1, 0.15) is 4.38 Å². The maximum Gasteiger partial charge on any atom is 0.306 e. The number of esters is 1.